The number of carbonyl (C=O) groups is 2. The predicted molar refractivity (Wildman–Crippen MR) is 210 cm³/mol. The summed E-state index contributed by atoms with van der Waals surface area (Å²) in [5, 5.41) is 16.8. The van der Waals surface area contributed by atoms with Crippen LogP contribution in [0.1, 0.15) is 31.8 Å². The van der Waals surface area contributed by atoms with Crippen LogP contribution >= 0.6 is 0 Å². The van der Waals surface area contributed by atoms with Crippen molar-refractivity contribution in [3.63, 3.8) is 0 Å². The molecular formula is C36H23N8Na3O11S3. The average molecular weight is 909 g/mol. The van der Waals surface area contributed by atoms with E-state index in [0.29, 0.717) is 11.1 Å². The molecule has 0 unspecified atom stereocenters. The topological polar surface area (TPSA) is 331 Å². The molecular weight excluding hydrogens is 886 g/mol. The molecule has 0 radical (unpaired) electrons. The number of allylic oxidation sites excluding steroid dienone is 2. The number of rotatable bonds is 9. The Kier molecular flexibility index (Phi) is 15.6. The summed E-state index contributed by atoms with van der Waals surface area (Å²) >= 11 is 0. The Balaban J connectivity index is 0.00000273. The summed E-state index contributed by atoms with van der Waals surface area (Å²) in [7, 11) is -15.2. The van der Waals surface area contributed by atoms with Crippen LogP contribution in [-0.4, -0.2) is 61.9 Å². The fraction of sp³-hybridized carbons (Fsp3) is 0. The van der Waals surface area contributed by atoms with Gasteiger partial charge in [0.2, 0.25) is 11.6 Å². The molecule has 294 valence electrons. The molecule has 6 N–H and O–H groups in total. The summed E-state index contributed by atoms with van der Waals surface area (Å²) in [6.45, 7) is 0. The molecule has 0 saturated heterocycles. The fourth-order valence-corrected chi connectivity index (χ4v) is 7.66. The van der Waals surface area contributed by atoms with E-state index in [1.54, 1.807) is 0 Å². The van der Waals surface area contributed by atoms with Crippen molar-refractivity contribution >= 4 is 110 Å². The van der Waals surface area contributed by atoms with Gasteiger partial charge in [0.1, 0.15) is 41.8 Å². The maximum atomic E-state index is 13.7. The number of hydrazone groups is 2. The normalized spacial score (nSPS) is 15.2. The number of anilines is 4. The van der Waals surface area contributed by atoms with Crippen LogP contribution < -0.4 is 111 Å². The Labute approximate surface area is 413 Å². The first-order valence-corrected chi connectivity index (χ1v) is 20.5. The third-order valence-corrected chi connectivity index (χ3v) is 11.2. The first-order chi connectivity index (χ1) is 27.3. The predicted octanol–water partition coefficient (Wildman–Crippen LogP) is -4.56. The zero-order valence-electron chi connectivity index (χ0n) is 32.0. The largest absolute Gasteiger partial charge is 1.00 e. The monoisotopic (exact) mass is 908 g/mol. The molecule has 0 aliphatic heterocycles. The Morgan fingerprint density at radius 1 is 0.525 bits per heavy atom. The molecule has 7 rings (SSSR count). The van der Waals surface area contributed by atoms with E-state index >= 15 is 0 Å². The van der Waals surface area contributed by atoms with Gasteiger partial charge in [-0.05, 0) is 96.1 Å². The average Bonchev–Trinajstić information content (AvgIpc) is 3.16. The Morgan fingerprint density at radius 3 is 1.61 bits per heavy atom. The number of benzene rings is 5. The van der Waals surface area contributed by atoms with Crippen LogP contribution in [-0.2, 0) is 30.4 Å². The van der Waals surface area contributed by atoms with E-state index in [-0.39, 0.29) is 145 Å². The van der Waals surface area contributed by atoms with Gasteiger partial charge in [-0.3, -0.25) is 20.4 Å². The number of carbonyl (C=O) groups excluding carboxylic acids is 2. The summed E-state index contributed by atoms with van der Waals surface area (Å²) in [5.41, 5.74) is 16.4. The minimum Gasteiger partial charge on any atom is -0.744 e. The molecule has 25 heteroatoms. The van der Waals surface area contributed by atoms with Crippen LogP contribution in [0.2, 0.25) is 0 Å². The van der Waals surface area contributed by atoms with Gasteiger partial charge < -0.3 is 25.1 Å². The second-order valence-corrected chi connectivity index (χ2v) is 16.5. The summed E-state index contributed by atoms with van der Waals surface area (Å²) < 4.78 is 108. The number of nitrogens with zero attached hydrogens (tertiary/aromatic N) is 4. The van der Waals surface area contributed by atoms with Gasteiger partial charge in [-0.15, -0.1) is 5.11 Å². The van der Waals surface area contributed by atoms with Gasteiger partial charge in [-0.25, -0.2) is 25.3 Å². The van der Waals surface area contributed by atoms with Crippen LogP contribution in [0.15, 0.2) is 126 Å². The van der Waals surface area contributed by atoms with Gasteiger partial charge >= 0.3 is 88.7 Å². The molecule has 2 aliphatic rings. The molecule has 0 saturated carbocycles. The summed E-state index contributed by atoms with van der Waals surface area (Å²) in [5.74, 6) is -1.93. The SMILES string of the molecule is Nc1ccc2c(c1)C(=O)C(=NNc1ccc3c(c1)C(=O)C(=NNc1ccc(N=Nc4ccc(N)c5ccc(S(=O)(=O)[O-])cc45)cc1)C(S(=O)(=O)[O-])=C3)C(S(=O)(=O)[O-])=C2.[Na+].[Na+].[Na+]. The number of fused-ring (bicyclic) bond motifs is 3. The van der Waals surface area contributed by atoms with Gasteiger partial charge in [-0.1, -0.05) is 18.2 Å². The first-order valence-electron chi connectivity index (χ1n) is 16.2. The molecule has 2 aliphatic carbocycles. The van der Waals surface area contributed by atoms with Crippen LogP contribution in [0.5, 0.6) is 0 Å². The minimum atomic E-state index is -5.26. The van der Waals surface area contributed by atoms with Crippen molar-refractivity contribution in [1.82, 2.24) is 0 Å². The van der Waals surface area contributed by atoms with E-state index in [0.717, 1.165) is 24.3 Å². The Bertz CT molecular complexity index is 3160. The molecule has 61 heavy (non-hydrogen) atoms. The Hall–Kier alpha value is -3.95. The quantitative estimate of drug-likeness (QED) is 0.0356. The van der Waals surface area contributed by atoms with Crippen molar-refractivity contribution in [3.8, 4) is 0 Å². The molecule has 0 amide bonds. The smallest absolute Gasteiger partial charge is 0.744 e. The van der Waals surface area contributed by atoms with Gasteiger partial charge in [-0.2, -0.15) is 15.3 Å². The molecule has 0 spiro atoms. The number of nitrogens with two attached hydrogens (primary N) is 2. The summed E-state index contributed by atoms with van der Waals surface area (Å²) in [4.78, 5) is 24.5. The van der Waals surface area contributed by atoms with Gasteiger partial charge in [0, 0.05) is 33.3 Å². The number of hydrogen-bond donors (Lipinski definition) is 4. The van der Waals surface area contributed by atoms with Crippen LogP contribution in [0, 0.1) is 0 Å². The van der Waals surface area contributed by atoms with E-state index in [1.807, 2.05) is 0 Å². The van der Waals surface area contributed by atoms with Crippen molar-refractivity contribution in [1.29, 1.82) is 0 Å². The standard InChI is InChI=1S/C36H26N8O11S3.3Na/c37-20-3-1-18-13-31(57(50,51)52)33(35(45)26(18)15-20)44-41-23-4-2-19-14-32(58(53,54)55)34(36(46)27(19)16-23)43-40-22-7-5-21(6-8-22)39-42-30-12-11-29(38)25-10-9-24(17-28(25)30)56(47,48)49;;;/h1-17,40-41H,37-38H2,(H,47,48,49)(H,50,51,52)(H,53,54,55);;;/q;3*+1/p-3. The third kappa shape index (κ3) is 10.8. The number of Topliss-reactive ketones (excluding diaryl/α,β-unsaturated/α-hetero) is 2. The van der Waals surface area contributed by atoms with E-state index < -0.39 is 68.0 Å². The molecule has 5 aromatic rings. The van der Waals surface area contributed by atoms with Gasteiger partial charge in [0.15, 0.2) is 0 Å². The van der Waals surface area contributed by atoms with Crippen molar-refractivity contribution in [2.45, 2.75) is 4.90 Å². The number of azo groups is 1. The maximum absolute atomic E-state index is 13.7. The molecule has 19 nitrogen and oxygen atoms in total. The number of nitrogens with one attached hydrogen (secondary N) is 2. The molecule has 0 fully saturated rings. The van der Waals surface area contributed by atoms with Crippen molar-refractivity contribution in [3.05, 3.63) is 123 Å². The maximum Gasteiger partial charge on any atom is 1.00 e. The van der Waals surface area contributed by atoms with Crippen molar-refractivity contribution in [2.24, 2.45) is 20.4 Å². The van der Waals surface area contributed by atoms with E-state index in [4.69, 9.17) is 11.5 Å². The zero-order valence-corrected chi connectivity index (χ0v) is 40.4. The molecule has 0 heterocycles. The van der Waals surface area contributed by atoms with Gasteiger partial charge in [0.05, 0.1) is 37.5 Å². The summed E-state index contributed by atoms with van der Waals surface area (Å²) in [6, 6.07) is 20.3. The van der Waals surface area contributed by atoms with E-state index in [9.17, 15) is 48.5 Å². The number of ketones is 2. The zero-order chi connectivity index (χ0) is 41.7. The molecule has 5 aromatic carbocycles. The van der Waals surface area contributed by atoms with Crippen LogP contribution in [0.25, 0.3) is 22.9 Å². The van der Waals surface area contributed by atoms with Gasteiger partial charge in [0.25, 0.3) is 0 Å². The van der Waals surface area contributed by atoms with Crippen molar-refractivity contribution < 1.29 is 137 Å². The fourth-order valence-electron chi connectivity index (χ4n) is 5.87. The van der Waals surface area contributed by atoms with Crippen molar-refractivity contribution in [2.75, 3.05) is 22.3 Å². The second kappa shape index (κ2) is 19.2. The van der Waals surface area contributed by atoms with E-state index in [1.165, 1.54) is 78.9 Å². The number of hydrogen-bond acceptors (Lipinski definition) is 19. The molecule has 0 bridgehead atoms. The molecule has 0 aromatic heterocycles. The second-order valence-electron chi connectivity index (χ2n) is 12.5. The number of nitrogen functional groups attached to an aromatic ring is 2. The Morgan fingerprint density at radius 2 is 1.05 bits per heavy atom. The minimum absolute atomic E-state index is 0. The van der Waals surface area contributed by atoms with Crippen LogP contribution in [0.4, 0.5) is 34.1 Å². The molecule has 0 atom stereocenters. The van der Waals surface area contributed by atoms with Crippen LogP contribution in [0.3, 0.4) is 0 Å². The van der Waals surface area contributed by atoms with E-state index in [2.05, 4.69) is 31.3 Å². The summed E-state index contributed by atoms with van der Waals surface area (Å²) in [6.07, 6.45) is 1.91. The first kappa shape index (κ1) is 49.7. The third-order valence-electron chi connectivity index (χ3n) is 8.65.